The van der Waals surface area contributed by atoms with Crippen LogP contribution < -0.4 is 5.32 Å². The maximum Gasteiger partial charge on any atom is 0.407 e. The smallest absolute Gasteiger partial charge is 0.407 e. The summed E-state index contributed by atoms with van der Waals surface area (Å²) in [4.78, 5) is 26.8. The van der Waals surface area contributed by atoms with Crippen molar-refractivity contribution in [1.29, 1.82) is 0 Å². The number of aromatic carboxylic acids is 1. The number of hydrogen-bond acceptors (Lipinski definition) is 4. The fraction of sp³-hybridized carbons (Fsp3) is 0.278. The van der Waals surface area contributed by atoms with Gasteiger partial charge in [0.05, 0.1) is 11.3 Å². The van der Waals surface area contributed by atoms with Crippen molar-refractivity contribution in [3.63, 3.8) is 0 Å². The SMILES string of the molecule is CC(C)(C)OC(=O)NCc1ccnc(-c2ccc(C(=O)O)cc2)c1. The molecule has 1 aromatic heterocycles. The predicted octanol–water partition coefficient (Wildman–Crippen LogP) is 3.47. The van der Waals surface area contributed by atoms with Gasteiger partial charge in [0.25, 0.3) is 0 Å². The van der Waals surface area contributed by atoms with Crippen LogP contribution in [0.25, 0.3) is 11.3 Å². The lowest BCUT2D eigenvalue weighted by atomic mass is 10.1. The van der Waals surface area contributed by atoms with Crippen LogP contribution in [-0.2, 0) is 11.3 Å². The van der Waals surface area contributed by atoms with Crippen LogP contribution in [0.15, 0.2) is 42.6 Å². The third kappa shape index (κ3) is 5.08. The Morgan fingerprint density at radius 2 is 1.83 bits per heavy atom. The van der Waals surface area contributed by atoms with Crippen molar-refractivity contribution in [2.75, 3.05) is 0 Å². The molecule has 1 aromatic carbocycles. The molecular weight excluding hydrogens is 308 g/mol. The Balaban J connectivity index is 2.06. The summed E-state index contributed by atoms with van der Waals surface area (Å²) in [6.07, 6.45) is 1.17. The van der Waals surface area contributed by atoms with Gasteiger partial charge in [0.15, 0.2) is 0 Å². The number of carboxylic acids is 1. The molecule has 0 saturated heterocycles. The number of benzene rings is 1. The van der Waals surface area contributed by atoms with Gasteiger partial charge >= 0.3 is 12.1 Å². The van der Waals surface area contributed by atoms with Gasteiger partial charge in [0, 0.05) is 18.3 Å². The Hall–Kier alpha value is -2.89. The Kier molecular flexibility index (Phi) is 5.18. The first kappa shape index (κ1) is 17.5. The average Bonchev–Trinajstić information content (AvgIpc) is 2.52. The molecule has 2 N–H and O–H groups in total. The first-order valence-electron chi connectivity index (χ1n) is 7.50. The van der Waals surface area contributed by atoms with Gasteiger partial charge in [-0.2, -0.15) is 0 Å². The molecule has 1 amide bonds. The first-order valence-corrected chi connectivity index (χ1v) is 7.50. The van der Waals surface area contributed by atoms with E-state index in [1.54, 1.807) is 45.2 Å². The Morgan fingerprint density at radius 1 is 1.17 bits per heavy atom. The first-order chi connectivity index (χ1) is 11.2. The molecule has 0 radical (unpaired) electrons. The van der Waals surface area contributed by atoms with Crippen LogP contribution in [0.2, 0.25) is 0 Å². The number of ether oxygens (including phenoxy) is 1. The highest BCUT2D eigenvalue weighted by atomic mass is 16.6. The molecule has 2 aromatic rings. The van der Waals surface area contributed by atoms with Gasteiger partial charge in [0.2, 0.25) is 0 Å². The standard InChI is InChI=1S/C18H20N2O4/c1-18(2,3)24-17(23)20-11-12-8-9-19-15(10-12)13-4-6-14(7-5-13)16(21)22/h4-10H,11H2,1-3H3,(H,20,23)(H,21,22). The summed E-state index contributed by atoms with van der Waals surface area (Å²) in [5.74, 6) is -0.968. The van der Waals surface area contributed by atoms with Gasteiger partial charge in [-0.05, 0) is 50.6 Å². The number of carbonyl (C=O) groups is 2. The van der Waals surface area contributed by atoms with Crippen LogP contribution in [0, 0.1) is 0 Å². The molecule has 0 aliphatic carbocycles. The van der Waals surface area contributed by atoms with E-state index in [0.717, 1.165) is 11.1 Å². The second-order valence-electron chi connectivity index (χ2n) is 6.29. The van der Waals surface area contributed by atoms with Gasteiger partial charge in [0.1, 0.15) is 5.60 Å². The Bertz CT molecular complexity index is 733. The molecule has 0 spiro atoms. The van der Waals surface area contributed by atoms with Crippen LogP contribution in [0.3, 0.4) is 0 Å². The summed E-state index contributed by atoms with van der Waals surface area (Å²) in [7, 11) is 0. The van der Waals surface area contributed by atoms with Crippen molar-refractivity contribution >= 4 is 12.1 Å². The van der Waals surface area contributed by atoms with Crippen molar-refractivity contribution in [1.82, 2.24) is 10.3 Å². The molecule has 6 nitrogen and oxygen atoms in total. The van der Waals surface area contributed by atoms with Gasteiger partial charge < -0.3 is 15.2 Å². The summed E-state index contributed by atoms with van der Waals surface area (Å²) >= 11 is 0. The van der Waals surface area contributed by atoms with Crippen LogP contribution in [-0.4, -0.2) is 27.8 Å². The average molecular weight is 328 g/mol. The molecule has 2 rings (SSSR count). The number of aromatic nitrogens is 1. The molecule has 126 valence electrons. The maximum atomic E-state index is 11.7. The Morgan fingerprint density at radius 3 is 2.42 bits per heavy atom. The molecule has 24 heavy (non-hydrogen) atoms. The fourth-order valence-electron chi connectivity index (χ4n) is 2.01. The summed E-state index contributed by atoms with van der Waals surface area (Å²) in [6, 6.07) is 10.1. The van der Waals surface area contributed by atoms with Crippen LogP contribution in [0.4, 0.5) is 4.79 Å². The molecule has 0 atom stereocenters. The number of rotatable bonds is 4. The molecule has 0 unspecified atom stereocenters. The molecule has 0 saturated carbocycles. The van der Waals surface area contributed by atoms with E-state index in [1.165, 1.54) is 12.1 Å². The normalized spacial score (nSPS) is 11.0. The third-order valence-corrected chi connectivity index (χ3v) is 3.09. The topological polar surface area (TPSA) is 88.5 Å². The van der Waals surface area contributed by atoms with E-state index in [2.05, 4.69) is 10.3 Å². The van der Waals surface area contributed by atoms with E-state index in [4.69, 9.17) is 9.84 Å². The monoisotopic (exact) mass is 328 g/mol. The van der Waals surface area contributed by atoms with Crippen molar-refractivity contribution in [3.05, 3.63) is 53.7 Å². The lowest BCUT2D eigenvalue weighted by molar-refractivity contribution is 0.0523. The minimum absolute atomic E-state index is 0.224. The zero-order valence-electron chi connectivity index (χ0n) is 13.9. The van der Waals surface area contributed by atoms with E-state index in [9.17, 15) is 9.59 Å². The molecule has 0 fully saturated rings. The number of nitrogens with one attached hydrogen (secondary N) is 1. The molecular formula is C18H20N2O4. The number of amides is 1. The summed E-state index contributed by atoms with van der Waals surface area (Å²) in [5.41, 5.74) is 2.06. The summed E-state index contributed by atoms with van der Waals surface area (Å²) in [5, 5.41) is 11.6. The van der Waals surface area contributed by atoms with E-state index in [0.29, 0.717) is 12.2 Å². The van der Waals surface area contributed by atoms with Crippen LogP contribution in [0.1, 0.15) is 36.7 Å². The maximum absolute atomic E-state index is 11.7. The van der Waals surface area contributed by atoms with Crippen LogP contribution in [0.5, 0.6) is 0 Å². The van der Waals surface area contributed by atoms with Gasteiger partial charge in [-0.15, -0.1) is 0 Å². The molecule has 0 bridgehead atoms. The predicted molar refractivity (Wildman–Crippen MR) is 89.7 cm³/mol. The zero-order valence-corrected chi connectivity index (χ0v) is 13.9. The van der Waals surface area contributed by atoms with E-state index in [1.807, 2.05) is 6.07 Å². The van der Waals surface area contributed by atoms with Crippen molar-refractivity contribution in [2.45, 2.75) is 32.9 Å². The number of hydrogen-bond donors (Lipinski definition) is 2. The number of carboxylic acid groups (broad SMARTS) is 1. The molecule has 0 aliphatic rings. The molecule has 1 heterocycles. The number of alkyl carbamates (subject to hydrolysis) is 1. The van der Waals surface area contributed by atoms with Gasteiger partial charge in [-0.25, -0.2) is 9.59 Å². The van der Waals surface area contributed by atoms with Crippen molar-refractivity contribution in [2.24, 2.45) is 0 Å². The lowest BCUT2D eigenvalue weighted by Gasteiger charge is -2.19. The Labute approximate surface area is 140 Å². The summed E-state index contributed by atoms with van der Waals surface area (Å²) < 4.78 is 5.19. The second-order valence-corrected chi connectivity index (χ2v) is 6.29. The summed E-state index contributed by atoms with van der Waals surface area (Å²) in [6.45, 7) is 5.73. The minimum Gasteiger partial charge on any atom is -0.478 e. The van der Waals surface area contributed by atoms with E-state index < -0.39 is 17.7 Å². The fourth-order valence-corrected chi connectivity index (χ4v) is 2.01. The van der Waals surface area contributed by atoms with Crippen molar-refractivity contribution in [3.8, 4) is 11.3 Å². The second kappa shape index (κ2) is 7.12. The largest absolute Gasteiger partial charge is 0.478 e. The molecule has 6 heteroatoms. The number of pyridine rings is 1. The van der Waals surface area contributed by atoms with Crippen LogP contribution >= 0.6 is 0 Å². The highest BCUT2D eigenvalue weighted by molar-refractivity contribution is 5.88. The quantitative estimate of drug-likeness (QED) is 0.897. The zero-order chi connectivity index (χ0) is 17.7. The van der Waals surface area contributed by atoms with E-state index >= 15 is 0 Å². The van der Waals surface area contributed by atoms with Gasteiger partial charge in [-0.3, -0.25) is 4.98 Å². The van der Waals surface area contributed by atoms with Crippen molar-refractivity contribution < 1.29 is 19.4 Å². The van der Waals surface area contributed by atoms with E-state index in [-0.39, 0.29) is 5.56 Å². The number of nitrogens with zero attached hydrogens (tertiary/aromatic N) is 1. The van der Waals surface area contributed by atoms with Gasteiger partial charge in [-0.1, -0.05) is 12.1 Å². The minimum atomic E-state index is -0.968. The highest BCUT2D eigenvalue weighted by Gasteiger charge is 2.15. The third-order valence-electron chi connectivity index (χ3n) is 3.09. The molecule has 0 aliphatic heterocycles. The lowest BCUT2D eigenvalue weighted by Crippen LogP contribution is -2.32. The number of carbonyl (C=O) groups excluding carboxylic acids is 1. The highest BCUT2D eigenvalue weighted by Crippen LogP contribution is 2.18.